The van der Waals surface area contributed by atoms with E-state index in [1.165, 1.54) is 0 Å². The maximum absolute atomic E-state index is 5.95. The lowest BCUT2D eigenvalue weighted by molar-refractivity contribution is 1.60. The van der Waals surface area contributed by atoms with Gasteiger partial charge in [-0.1, -0.05) is 23.7 Å². The number of benzene rings is 2. The zero-order chi connectivity index (χ0) is 11.7. The van der Waals surface area contributed by atoms with Gasteiger partial charge in [0.15, 0.2) is 0 Å². The Balaban J connectivity index is 2.50. The van der Waals surface area contributed by atoms with E-state index in [0.29, 0.717) is 22.1 Å². The summed E-state index contributed by atoms with van der Waals surface area (Å²) in [5.74, 6) is 0. The van der Waals surface area contributed by atoms with Crippen LogP contribution in [-0.2, 0) is 0 Å². The van der Waals surface area contributed by atoms with E-state index in [4.69, 9.17) is 28.8 Å². The number of rotatable bonds is 1. The van der Waals surface area contributed by atoms with Crippen molar-refractivity contribution < 1.29 is 0 Å². The molecule has 2 aromatic carbocycles. The average Bonchev–Trinajstić information content (AvgIpc) is 2.26. The highest BCUT2D eigenvalue weighted by Gasteiger charge is 2.03. The number of hydrogen-bond acceptors (Lipinski definition) is 3. The summed E-state index contributed by atoms with van der Waals surface area (Å²) < 4.78 is 0. The highest BCUT2D eigenvalue weighted by atomic mass is 35.5. The third-order valence-electron chi connectivity index (χ3n) is 2.42. The van der Waals surface area contributed by atoms with E-state index in [1.54, 1.807) is 12.1 Å². The van der Waals surface area contributed by atoms with Crippen LogP contribution in [0.1, 0.15) is 0 Å². The van der Waals surface area contributed by atoms with Gasteiger partial charge in [-0.2, -0.15) is 0 Å². The topological polar surface area (TPSA) is 78.1 Å². The average molecular weight is 234 g/mol. The second-order valence-corrected chi connectivity index (χ2v) is 3.99. The van der Waals surface area contributed by atoms with Crippen molar-refractivity contribution in [1.82, 2.24) is 0 Å². The largest absolute Gasteiger partial charge is 0.398 e. The lowest BCUT2D eigenvalue weighted by Crippen LogP contribution is -1.94. The Morgan fingerprint density at radius 3 is 1.81 bits per heavy atom. The minimum atomic E-state index is 0.535. The van der Waals surface area contributed by atoms with Gasteiger partial charge < -0.3 is 17.2 Å². The summed E-state index contributed by atoms with van der Waals surface area (Å²) in [5.41, 5.74) is 20.7. The van der Waals surface area contributed by atoms with Crippen LogP contribution in [0.2, 0.25) is 5.02 Å². The van der Waals surface area contributed by atoms with Crippen LogP contribution in [0.3, 0.4) is 0 Å². The molecule has 0 saturated carbocycles. The Hall–Kier alpha value is -1.87. The summed E-state index contributed by atoms with van der Waals surface area (Å²) in [6.45, 7) is 0. The molecular weight excluding hydrogens is 222 g/mol. The second-order valence-electron chi connectivity index (χ2n) is 3.58. The molecule has 3 nitrogen and oxygen atoms in total. The van der Waals surface area contributed by atoms with E-state index < -0.39 is 0 Å². The molecule has 16 heavy (non-hydrogen) atoms. The van der Waals surface area contributed by atoms with Gasteiger partial charge in [0, 0.05) is 0 Å². The highest BCUT2D eigenvalue weighted by Crippen LogP contribution is 2.29. The molecule has 2 rings (SSSR count). The van der Waals surface area contributed by atoms with Crippen molar-refractivity contribution in [1.29, 1.82) is 0 Å². The minimum absolute atomic E-state index is 0.535. The molecule has 0 bridgehead atoms. The fourth-order valence-corrected chi connectivity index (χ4v) is 1.64. The van der Waals surface area contributed by atoms with Gasteiger partial charge in [0.2, 0.25) is 0 Å². The Bertz CT molecular complexity index is 488. The van der Waals surface area contributed by atoms with Crippen LogP contribution in [0, 0.1) is 0 Å². The van der Waals surface area contributed by atoms with E-state index in [-0.39, 0.29) is 0 Å². The van der Waals surface area contributed by atoms with Crippen molar-refractivity contribution in [3.05, 3.63) is 41.4 Å². The molecule has 0 spiro atoms. The van der Waals surface area contributed by atoms with Gasteiger partial charge in [0.05, 0.1) is 22.1 Å². The van der Waals surface area contributed by atoms with Gasteiger partial charge >= 0.3 is 0 Å². The summed E-state index contributed by atoms with van der Waals surface area (Å²) in [6, 6.07) is 11.0. The van der Waals surface area contributed by atoms with Gasteiger partial charge in [-0.05, 0) is 35.4 Å². The second kappa shape index (κ2) is 3.94. The third kappa shape index (κ3) is 1.90. The standard InChI is InChI=1S/C12H12ClN3/c13-9-5-7(1-3-10(9)14)8-2-4-11(15)12(16)6-8/h1-6H,14-16H2. The fourth-order valence-electron chi connectivity index (χ4n) is 1.46. The minimum Gasteiger partial charge on any atom is -0.398 e. The van der Waals surface area contributed by atoms with Crippen molar-refractivity contribution in [2.45, 2.75) is 0 Å². The van der Waals surface area contributed by atoms with Gasteiger partial charge in [-0.15, -0.1) is 0 Å². The molecule has 0 aliphatic heterocycles. The van der Waals surface area contributed by atoms with E-state index in [9.17, 15) is 0 Å². The van der Waals surface area contributed by atoms with Crippen LogP contribution in [0.4, 0.5) is 17.1 Å². The number of halogens is 1. The molecule has 0 fully saturated rings. The van der Waals surface area contributed by atoms with Gasteiger partial charge in [-0.25, -0.2) is 0 Å². The smallest absolute Gasteiger partial charge is 0.0641 e. The fraction of sp³-hybridized carbons (Fsp3) is 0. The third-order valence-corrected chi connectivity index (χ3v) is 2.75. The SMILES string of the molecule is Nc1ccc(-c2ccc(N)c(Cl)c2)cc1N. The van der Waals surface area contributed by atoms with Gasteiger partial charge in [0.1, 0.15) is 0 Å². The monoisotopic (exact) mass is 233 g/mol. The summed E-state index contributed by atoms with van der Waals surface area (Å²) >= 11 is 5.95. The molecular formula is C12H12ClN3. The molecule has 6 N–H and O–H groups in total. The molecule has 0 aliphatic carbocycles. The molecule has 0 amide bonds. The van der Waals surface area contributed by atoms with Crippen LogP contribution in [0.15, 0.2) is 36.4 Å². The van der Waals surface area contributed by atoms with Crippen molar-refractivity contribution in [2.75, 3.05) is 17.2 Å². The summed E-state index contributed by atoms with van der Waals surface area (Å²) in [7, 11) is 0. The highest BCUT2D eigenvalue weighted by molar-refractivity contribution is 6.33. The molecule has 2 aromatic rings. The zero-order valence-corrected chi connectivity index (χ0v) is 9.33. The lowest BCUT2D eigenvalue weighted by atomic mass is 10.0. The Kier molecular flexibility index (Phi) is 2.62. The molecule has 0 heterocycles. The van der Waals surface area contributed by atoms with E-state index in [1.807, 2.05) is 24.3 Å². The van der Waals surface area contributed by atoms with Crippen LogP contribution >= 0.6 is 11.6 Å². The van der Waals surface area contributed by atoms with Crippen LogP contribution in [0.25, 0.3) is 11.1 Å². The van der Waals surface area contributed by atoms with E-state index in [2.05, 4.69) is 0 Å². The molecule has 0 atom stereocenters. The summed E-state index contributed by atoms with van der Waals surface area (Å²) in [6.07, 6.45) is 0. The first-order valence-corrected chi connectivity index (χ1v) is 5.16. The summed E-state index contributed by atoms with van der Waals surface area (Å²) in [4.78, 5) is 0. The normalized spacial score (nSPS) is 10.3. The Morgan fingerprint density at radius 2 is 1.25 bits per heavy atom. The first kappa shape index (κ1) is 10.6. The van der Waals surface area contributed by atoms with Crippen LogP contribution in [0.5, 0.6) is 0 Å². The first-order chi connectivity index (χ1) is 7.58. The number of nitrogen functional groups attached to an aromatic ring is 3. The predicted molar refractivity (Wildman–Crippen MR) is 70.1 cm³/mol. The molecule has 82 valence electrons. The molecule has 0 radical (unpaired) electrons. The van der Waals surface area contributed by atoms with Crippen molar-refractivity contribution in [2.24, 2.45) is 0 Å². The molecule has 4 heteroatoms. The number of anilines is 3. The van der Waals surface area contributed by atoms with Crippen molar-refractivity contribution in [3.8, 4) is 11.1 Å². The maximum Gasteiger partial charge on any atom is 0.0641 e. The molecule has 0 aliphatic rings. The first-order valence-electron chi connectivity index (χ1n) is 4.78. The molecule has 0 aromatic heterocycles. The zero-order valence-electron chi connectivity index (χ0n) is 8.57. The van der Waals surface area contributed by atoms with Crippen molar-refractivity contribution in [3.63, 3.8) is 0 Å². The Labute approximate surface area is 98.8 Å². The van der Waals surface area contributed by atoms with E-state index in [0.717, 1.165) is 11.1 Å². The predicted octanol–water partition coefficient (Wildman–Crippen LogP) is 2.75. The Morgan fingerprint density at radius 1 is 0.688 bits per heavy atom. The van der Waals surface area contributed by atoms with Crippen LogP contribution < -0.4 is 17.2 Å². The quantitative estimate of drug-likeness (QED) is 0.663. The maximum atomic E-state index is 5.95. The molecule has 0 unspecified atom stereocenters. The van der Waals surface area contributed by atoms with E-state index >= 15 is 0 Å². The molecule has 0 saturated heterocycles. The van der Waals surface area contributed by atoms with Gasteiger partial charge in [-0.3, -0.25) is 0 Å². The number of hydrogen-bond donors (Lipinski definition) is 3. The number of nitrogens with two attached hydrogens (primary N) is 3. The van der Waals surface area contributed by atoms with Crippen molar-refractivity contribution >= 4 is 28.7 Å². The summed E-state index contributed by atoms with van der Waals surface area (Å²) in [5, 5.41) is 0.535. The lowest BCUT2D eigenvalue weighted by Gasteiger charge is -2.06. The van der Waals surface area contributed by atoms with Crippen LogP contribution in [-0.4, -0.2) is 0 Å². The van der Waals surface area contributed by atoms with Gasteiger partial charge in [0.25, 0.3) is 0 Å².